The van der Waals surface area contributed by atoms with Gasteiger partial charge in [-0.3, -0.25) is 0 Å². The lowest BCUT2D eigenvalue weighted by molar-refractivity contribution is 0.487. The van der Waals surface area contributed by atoms with Gasteiger partial charge in [0.05, 0.1) is 0 Å². The molecule has 0 unspecified atom stereocenters. The molecule has 0 atom stereocenters. The molecule has 6 heteroatoms. The van der Waals surface area contributed by atoms with Crippen LogP contribution in [0.5, 0.6) is 5.75 Å². The van der Waals surface area contributed by atoms with Crippen LogP contribution in [0.4, 0.5) is 4.39 Å². The molecule has 0 bridgehead atoms. The van der Waals surface area contributed by atoms with Crippen molar-refractivity contribution in [3.8, 4) is 5.75 Å². The van der Waals surface area contributed by atoms with Gasteiger partial charge in [-0.1, -0.05) is 18.2 Å². The van der Waals surface area contributed by atoms with Crippen LogP contribution in [-0.2, 0) is 10.1 Å². The zero-order chi connectivity index (χ0) is 16.6. The molecule has 3 rings (SSSR count). The summed E-state index contributed by atoms with van der Waals surface area (Å²) in [7, 11) is -4.07. The van der Waals surface area contributed by atoms with Crippen molar-refractivity contribution in [2.45, 2.75) is 18.7 Å². The lowest BCUT2D eigenvalue weighted by Gasteiger charge is -2.11. The Hall–Kier alpha value is -2.47. The van der Waals surface area contributed by atoms with Crippen molar-refractivity contribution in [1.82, 2.24) is 4.98 Å². The van der Waals surface area contributed by atoms with E-state index < -0.39 is 15.9 Å². The first-order valence-corrected chi connectivity index (χ1v) is 8.35. The summed E-state index contributed by atoms with van der Waals surface area (Å²) in [5, 5.41) is 0.777. The van der Waals surface area contributed by atoms with Crippen molar-refractivity contribution in [3.63, 3.8) is 0 Å². The number of hydrogen-bond acceptors (Lipinski definition) is 4. The van der Waals surface area contributed by atoms with Crippen molar-refractivity contribution in [1.29, 1.82) is 0 Å². The predicted molar refractivity (Wildman–Crippen MR) is 85.4 cm³/mol. The number of halogens is 1. The Morgan fingerprint density at radius 3 is 2.57 bits per heavy atom. The van der Waals surface area contributed by atoms with E-state index in [1.165, 1.54) is 13.0 Å². The molecule has 1 aromatic heterocycles. The van der Waals surface area contributed by atoms with Crippen LogP contribution in [-0.4, -0.2) is 13.4 Å². The van der Waals surface area contributed by atoms with Gasteiger partial charge in [0, 0.05) is 11.1 Å². The first kappa shape index (κ1) is 15.4. The first-order chi connectivity index (χ1) is 10.9. The number of rotatable bonds is 3. The molecular weight excluding hydrogens is 317 g/mol. The lowest BCUT2D eigenvalue weighted by Crippen LogP contribution is -2.12. The van der Waals surface area contributed by atoms with E-state index in [1.807, 2.05) is 25.1 Å². The third kappa shape index (κ3) is 3.03. The number of benzene rings is 2. The Morgan fingerprint density at radius 1 is 1.04 bits per heavy atom. The fraction of sp³-hybridized carbons (Fsp3) is 0.118. The predicted octanol–water partition coefficient (Wildman–Crippen LogP) is 3.76. The number of aryl methyl sites for hydroxylation is 2. The largest absolute Gasteiger partial charge is 0.377 e. The smallest absolute Gasteiger partial charge is 0.339 e. The van der Waals surface area contributed by atoms with Crippen molar-refractivity contribution >= 4 is 21.0 Å². The Balaban J connectivity index is 2.09. The summed E-state index contributed by atoms with van der Waals surface area (Å²) in [6.07, 6.45) is 0. The summed E-state index contributed by atoms with van der Waals surface area (Å²) in [6, 6.07) is 12.2. The highest BCUT2D eigenvalue weighted by Gasteiger charge is 2.21. The van der Waals surface area contributed by atoms with Crippen LogP contribution in [0.1, 0.15) is 11.3 Å². The fourth-order valence-electron chi connectivity index (χ4n) is 2.34. The number of aromatic nitrogens is 1. The molecule has 0 amide bonds. The van der Waals surface area contributed by atoms with Gasteiger partial charge in [-0.25, -0.2) is 9.37 Å². The molecular formula is C17H14FNO3S. The SMILES string of the molecule is Cc1ccc2cccc(OS(=O)(=O)c3ccc(F)cc3C)c2n1. The van der Waals surface area contributed by atoms with Gasteiger partial charge >= 0.3 is 10.1 Å². The van der Waals surface area contributed by atoms with Crippen LogP contribution in [0.2, 0.25) is 0 Å². The number of nitrogens with zero attached hydrogens (tertiary/aromatic N) is 1. The maximum absolute atomic E-state index is 13.2. The Bertz CT molecular complexity index is 1000. The molecule has 0 aliphatic heterocycles. The minimum atomic E-state index is -4.07. The van der Waals surface area contributed by atoms with E-state index in [0.29, 0.717) is 5.52 Å². The molecule has 4 nitrogen and oxygen atoms in total. The van der Waals surface area contributed by atoms with Crippen LogP contribution in [0.25, 0.3) is 10.9 Å². The Morgan fingerprint density at radius 2 is 1.83 bits per heavy atom. The third-order valence-electron chi connectivity index (χ3n) is 3.43. The number of fused-ring (bicyclic) bond motifs is 1. The highest BCUT2D eigenvalue weighted by atomic mass is 32.2. The molecule has 0 saturated heterocycles. The normalized spacial score (nSPS) is 11.6. The Labute approximate surface area is 133 Å². The monoisotopic (exact) mass is 331 g/mol. The second kappa shape index (κ2) is 5.62. The molecule has 118 valence electrons. The molecule has 0 saturated carbocycles. The first-order valence-electron chi connectivity index (χ1n) is 6.94. The quantitative estimate of drug-likeness (QED) is 0.686. The van der Waals surface area contributed by atoms with Crippen molar-refractivity contribution in [2.75, 3.05) is 0 Å². The fourth-order valence-corrected chi connectivity index (χ4v) is 3.49. The second-order valence-electron chi connectivity index (χ2n) is 5.23. The molecule has 0 fully saturated rings. The molecule has 0 N–H and O–H groups in total. The van der Waals surface area contributed by atoms with Gasteiger partial charge in [-0.15, -0.1) is 0 Å². The van der Waals surface area contributed by atoms with Gasteiger partial charge in [0.1, 0.15) is 16.2 Å². The standard InChI is InChI=1S/C17H14FNO3S/c1-11-10-14(18)8-9-16(11)23(20,21)22-15-5-3-4-13-7-6-12(2)19-17(13)15/h3-10H,1-2H3. The zero-order valence-electron chi connectivity index (χ0n) is 12.6. The zero-order valence-corrected chi connectivity index (χ0v) is 13.4. The summed E-state index contributed by atoms with van der Waals surface area (Å²) in [5.41, 5.74) is 1.51. The van der Waals surface area contributed by atoms with Gasteiger partial charge in [-0.05, 0) is 49.7 Å². The summed E-state index contributed by atoms with van der Waals surface area (Å²) >= 11 is 0. The molecule has 1 heterocycles. The van der Waals surface area contributed by atoms with Gasteiger partial charge in [0.25, 0.3) is 0 Å². The number of pyridine rings is 1. The topological polar surface area (TPSA) is 56.3 Å². The maximum atomic E-state index is 13.2. The second-order valence-corrected chi connectivity index (χ2v) is 6.74. The van der Waals surface area contributed by atoms with E-state index in [9.17, 15) is 12.8 Å². The van der Waals surface area contributed by atoms with E-state index in [4.69, 9.17) is 4.18 Å². The van der Waals surface area contributed by atoms with E-state index in [1.54, 1.807) is 12.1 Å². The van der Waals surface area contributed by atoms with Crippen LogP contribution in [0.15, 0.2) is 53.4 Å². The average Bonchev–Trinajstić information content (AvgIpc) is 2.47. The number of hydrogen-bond donors (Lipinski definition) is 0. The van der Waals surface area contributed by atoms with Gasteiger partial charge in [0.15, 0.2) is 5.75 Å². The highest BCUT2D eigenvalue weighted by molar-refractivity contribution is 7.87. The molecule has 0 radical (unpaired) electrons. The van der Waals surface area contributed by atoms with Crippen molar-refractivity contribution < 1.29 is 17.0 Å². The molecule has 3 aromatic rings. The van der Waals surface area contributed by atoms with Gasteiger partial charge in [-0.2, -0.15) is 8.42 Å². The summed E-state index contributed by atoms with van der Waals surface area (Å²) < 4.78 is 43.4. The molecule has 23 heavy (non-hydrogen) atoms. The minimum absolute atomic E-state index is 0.0662. The highest BCUT2D eigenvalue weighted by Crippen LogP contribution is 2.28. The molecule has 0 aliphatic carbocycles. The van der Waals surface area contributed by atoms with Crippen LogP contribution in [0.3, 0.4) is 0 Å². The molecule has 0 aliphatic rings. The van der Waals surface area contributed by atoms with E-state index in [-0.39, 0.29) is 16.2 Å². The van der Waals surface area contributed by atoms with Gasteiger partial charge in [0.2, 0.25) is 0 Å². The average molecular weight is 331 g/mol. The van der Waals surface area contributed by atoms with Crippen LogP contribution in [0, 0.1) is 19.7 Å². The maximum Gasteiger partial charge on any atom is 0.339 e. The minimum Gasteiger partial charge on any atom is -0.377 e. The Kier molecular flexibility index (Phi) is 3.77. The van der Waals surface area contributed by atoms with Crippen molar-refractivity contribution in [3.05, 3.63) is 65.6 Å². The van der Waals surface area contributed by atoms with Crippen molar-refractivity contribution in [2.24, 2.45) is 0 Å². The van der Waals surface area contributed by atoms with E-state index in [2.05, 4.69) is 4.98 Å². The van der Waals surface area contributed by atoms with Crippen LogP contribution < -0.4 is 4.18 Å². The lowest BCUT2D eigenvalue weighted by atomic mass is 10.2. The van der Waals surface area contributed by atoms with E-state index >= 15 is 0 Å². The molecule has 0 spiro atoms. The third-order valence-corrected chi connectivity index (χ3v) is 4.82. The summed E-state index contributed by atoms with van der Waals surface area (Å²) in [5.74, 6) is -0.348. The van der Waals surface area contributed by atoms with Crippen LogP contribution >= 0.6 is 0 Å². The van der Waals surface area contributed by atoms with Gasteiger partial charge < -0.3 is 4.18 Å². The molecule has 2 aromatic carbocycles. The summed E-state index contributed by atoms with van der Waals surface area (Å²) in [6.45, 7) is 3.33. The van der Waals surface area contributed by atoms with E-state index in [0.717, 1.165) is 23.2 Å². The number of para-hydroxylation sites is 1. The summed E-state index contributed by atoms with van der Waals surface area (Å²) in [4.78, 5) is 4.27.